The maximum Gasteiger partial charge on any atom is 0.269 e. The molecule has 1 aliphatic rings. The smallest absolute Gasteiger partial charge is 0.269 e. The molecule has 172 valence electrons. The fourth-order valence-corrected chi connectivity index (χ4v) is 5.01. The van der Waals surface area contributed by atoms with Crippen molar-refractivity contribution in [2.75, 3.05) is 31.1 Å². The molecule has 0 bridgehead atoms. The third-order valence-corrected chi connectivity index (χ3v) is 6.87. The number of non-ortho nitro benzene ring substituents is 1. The second-order valence-electron chi connectivity index (χ2n) is 7.81. The van der Waals surface area contributed by atoms with Gasteiger partial charge in [-0.25, -0.2) is 4.98 Å². The number of piperazine rings is 1. The zero-order valence-corrected chi connectivity index (χ0v) is 19.3. The standard InChI is InChI=1S/C23H25N5O4S/c1-3-27-22(30)19-6-4-5-7-20(19)24-23(27)33-16(2)21(29)26-14-12-25(13-15-26)17-8-10-18(11-9-17)28(31)32/h4-11,16H,3,12-15H2,1-2H3. The first kappa shape index (κ1) is 22.8. The molecule has 1 amide bonds. The van der Waals surface area contributed by atoms with Gasteiger partial charge >= 0.3 is 0 Å². The van der Waals surface area contributed by atoms with Crippen LogP contribution in [0.1, 0.15) is 13.8 Å². The fraction of sp³-hybridized carbons (Fsp3) is 0.348. The number of carbonyl (C=O) groups is 1. The molecule has 1 unspecified atom stereocenters. The van der Waals surface area contributed by atoms with Crippen LogP contribution >= 0.6 is 11.8 Å². The monoisotopic (exact) mass is 467 g/mol. The molecule has 1 fully saturated rings. The van der Waals surface area contributed by atoms with Gasteiger partial charge in [-0.2, -0.15) is 0 Å². The van der Waals surface area contributed by atoms with Crippen LogP contribution in [-0.2, 0) is 11.3 Å². The van der Waals surface area contributed by atoms with Crippen molar-refractivity contribution in [1.29, 1.82) is 0 Å². The van der Waals surface area contributed by atoms with Gasteiger partial charge in [-0.15, -0.1) is 0 Å². The summed E-state index contributed by atoms with van der Waals surface area (Å²) in [5.74, 6) is 0.00779. The van der Waals surface area contributed by atoms with E-state index in [9.17, 15) is 19.7 Å². The third kappa shape index (κ3) is 4.70. The van der Waals surface area contributed by atoms with E-state index in [2.05, 4.69) is 9.88 Å². The Morgan fingerprint density at radius 3 is 2.42 bits per heavy atom. The molecule has 0 radical (unpaired) electrons. The number of carbonyl (C=O) groups excluding carboxylic acids is 1. The molecule has 2 heterocycles. The first-order valence-corrected chi connectivity index (χ1v) is 11.7. The Balaban J connectivity index is 1.42. The second-order valence-corrected chi connectivity index (χ2v) is 9.11. The Morgan fingerprint density at radius 2 is 1.79 bits per heavy atom. The number of fused-ring (bicyclic) bond motifs is 1. The maximum atomic E-state index is 13.1. The van der Waals surface area contributed by atoms with E-state index >= 15 is 0 Å². The second kappa shape index (κ2) is 9.62. The number of hydrogen-bond acceptors (Lipinski definition) is 7. The van der Waals surface area contributed by atoms with Crippen LogP contribution < -0.4 is 10.5 Å². The summed E-state index contributed by atoms with van der Waals surface area (Å²) in [4.78, 5) is 45.0. The van der Waals surface area contributed by atoms with Crippen LogP contribution in [0, 0.1) is 10.1 Å². The van der Waals surface area contributed by atoms with Crippen molar-refractivity contribution in [3.63, 3.8) is 0 Å². The summed E-state index contributed by atoms with van der Waals surface area (Å²) < 4.78 is 1.61. The molecule has 33 heavy (non-hydrogen) atoms. The topological polar surface area (TPSA) is 102 Å². The van der Waals surface area contributed by atoms with Crippen LogP contribution in [0.25, 0.3) is 10.9 Å². The third-order valence-electron chi connectivity index (χ3n) is 5.79. The Morgan fingerprint density at radius 1 is 1.12 bits per heavy atom. The van der Waals surface area contributed by atoms with Gasteiger partial charge in [0.05, 0.1) is 21.1 Å². The molecule has 0 aliphatic carbocycles. The first-order chi connectivity index (χ1) is 15.9. The Kier molecular flexibility index (Phi) is 6.64. The average molecular weight is 468 g/mol. The van der Waals surface area contributed by atoms with E-state index in [4.69, 9.17) is 0 Å². The molecule has 0 N–H and O–H groups in total. The quantitative estimate of drug-likeness (QED) is 0.237. The summed E-state index contributed by atoms with van der Waals surface area (Å²) >= 11 is 1.31. The zero-order valence-electron chi connectivity index (χ0n) is 18.5. The SMILES string of the molecule is CCn1c(SC(C)C(=O)N2CCN(c3ccc([N+](=O)[O-])cc3)CC2)nc2ccccc2c1=O. The number of aromatic nitrogens is 2. The Hall–Kier alpha value is -3.40. The van der Waals surface area contributed by atoms with Crippen LogP contribution in [0.2, 0.25) is 0 Å². The van der Waals surface area contributed by atoms with Crippen LogP contribution in [-0.4, -0.2) is 56.7 Å². The minimum atomic E-state index is -0.415. The minimum Gasteiger partial charge on any atom is -0.368 e. The van der Waals surface area contributed by atoms with Gasteiger partial charge in [0.15, 0.2) is 5.16 Å². The lowest BCUT2D eigenvalue weighted by Gasteiger charge is -2.37. The van der Waals surface area contributed by atoms with Gasteiger partial charge in [-0.05, 0) is 38.1 Å². The van der Waals surface area contributed by atoms with Gasteiger partial charge in [0, 0.05) is 50.5 Å². The number of nitrogens with zero attached hydrogens (tertiary/aromatic N) is 5. The van der Waals surface area contributed by atoms with Crippen molar-refractivity contribution in [3.05, 3.63) is 69.0 Å². The summed E-state index contributed by atoms with van der Waals surface area (Å²) in [5, 5.41) is 11.6. The summed E-state index contributed by atoms with van der Waals surface area (Å²) in [7, 11) is 0. The molecular weight excluding hydrogens is 442 g/mol. The summed E-state index contributed by atoms with van der Waals surface area (Å²) in [5.41, 5.74) is 1.50. The lowest BCUT2D eigenvalue weighted by molar-refractivity contribution is -0.384. The van der Waals surface area contributed by atoms with Crippen molar-refractivity contribution < 1.29 is 9.72 Å². The molecular formula is C23H25N5O4S. The van der Waals surface area contributed by atoms with E-state index in [-0.39, 0.29) is 22.4 Å². The molecule has 0 saturated carbocycles. The predicted octanol–water partition coefficient (Wildman–Crippen LogP) is 3.15. The van der Waals surface area contributed by atoms with Gasteiger partial charge < -0.3 is 9.80 Å². The summed E-state index contributed by atoms with van der Waals surface area (Å²) in [6, 6.07) is 13.7. The van der Waals surface area contributed by atoms with Crippen molar-refractivity contribution in [2.24, 2.45) is 0 Å². The van der Waals surface area contributed by atoms with E-state index in [1.165, 1.54) is 23.9 Å². The van der Waals surface area contributed by atoms with Gasteiger partial charge in [0.2, 0.25) is 5.91 Å². The van der Waals surface area contributed by atoms with Crippen LogP contribution in [0.15, 0.2) is 58.5 Å². The van der Waals surface area contributed by atoms with E-state index < -0.39 is 4.92 Å². The maximum absolute atomic E-state index is 13.1. The highest BCUT2D eigenvalue weighted by Gasteiger charge is 2.27. The van der Waals surface area contributed by atoms with Gasteiger partial charge in [0.25, 0.3) is 11.2 Å². The zero-order chi connectivity index (χ0) is 23.5. The lowest BCUT2D eigenvalue weighted by atomic mass is 10.2. The van der Waals surface area contributed by atoms with E-state index in [1.54, 1.807) is 22.8 Å². The molecule has 10 heteroatoms. The van der Waals surface area contributed by atoms with E-state index in [0.717, 1.165) is 5.69 Å². The van der Waals surface area contributed by atoms with Crippen LogP contribution in [0.3, 0.4) is 0 Å². The first-order valence-electron chi connectivity index (χ1n) is 10.8. The lowest BCUT2D eigenvalue weighted by Crippen LogP contribution is -2.50. The molecule has 1 aromatic heterocycles. The highest BCUT2D eigenvalue weighted by Crippen LogP contribution is 2.25. The number of hydrogen-bond donors (Lipinski definition) is 0. The predicted molar refractivity (Wildman–Crippen MR) is 129 cm³/mol. The molecule has 0 spiro atoms. The number of nitro benzene ring substituents is 1. The van der Waals surface area contributed by atoms with Crippen LogP contribution in [0.4, 0.5) is 11.4 Å². The van der Waals surface area contributed by atoms with Gasteiger partial charge in [-0.3, -0.25) is 24.3 Å². The number of anilines is 1. The molecule has 3 aromatic rings. The Labute approximate surface area is 195 Å². The summed E-state index contributed by atoms with van der Waals surface area (Å²) in [6.45, 7) is 6.64. The molecule has 4 rings (SSSR count). The molecule has 1 aliphatic heterocycles. The van der Waals surface area contributed by atoms with E-state index in [0.29, 0.717) is 48.8 Å². The molecule has 1 atom stereocenters. The van der Waals surface area contributed by atoms with E-state index in [1.807, 2.05) is 36.9 Å². The van der Waals surface area contributed by atoms with Crippen molar-refractivity contribution in [1.82, 2.24) is 14.5 Å². The fourth-order valence-electron chi connectivity index (χ4n) is 3.95. The highest BCUT2D eigenvalue weighted by molar-refractivity contribution is 8.00. The van der Waals surface area contributed by atoms with Crippen molar-refractivity contribution in [2.45, 2.75) is 30.8 Å². The Bertz CT molecular complexity index is 1240. The van der Waals surface area contributed by atoms with Crippen molar-refractivity contribution in [3.8, 4) is 0 Å². The van der Waals surface area contributed by atoms with Gasteiger partial charge in [0.1, 0.15) is 0 Å². The minimum absolute atomic E-state index is 0.00779. The largest absolute Gasteiger partial charge is 0.368 e. The van der Waals surface area contributed by atoms with Gasteiger partial charge in [-0.1, -0.05) is 23.9 Å². The number of benzene rings is 2. The average Bonchev–Trinajstić information content (AvgIpc) is 2.84. The number of nitro groups is 1. The highest BCUT2D eigenvalue weighted by atomic mass is 32.2. The summed E-state index contributed by atoms with van der Waals surface area (Å²) in [6.07, 6.45) is 0. The number of para-hydroxylation sites is 1. The number of amides is 1. The number of thioether (sulfide) groups is 1. The normalized spacial score (nSPS) is 15.0. The molecule has 2 aromatic carbocycles. The molecule has 9 nitrogen and oxygen atoms in total. The number of rotatable bonds is 6. The molecule has 1 saturated heterocycles. The van der Waals surface area contributed by atoms with Crippen molar-refractivity contribution >= 4 is 39.9 Å². The van der Waals surface area contributed by atoms with Crippen LogP contribution in [0.5, 0.6) is 0 Å².